The lowest BCUT2D eigenvalue weighted by Gasteiger charge is -2.54. The monoisotopic (exact) mass is 276 g/mol. The molecule has 1 aliphatic carbocycles. The quantitative estimate of drug-likeness (QED) is 0.886. The predicted octanol–water partition coefficient (Wildman–Crippen LogP) is 3.93. The van der Waals surface area contributed by atoms with Gasteiger partial charge in [-0.2, -0.15) is 0 Å². The number of aryl methyl sites for hydroxylation is 1. The lowest BCUT2D eigenvalue weighted by molar-refractivity contribution is -0.155. The van der Waals surface area contributed by atoms with Gasteiger partial charge in [-0.15, -0.1) is 0 Å². The van der Waals surface area contributed by atoms with E-state index in [0.717, 1.165) is 42.6 Å². The highest BCUT2D eigenvalue weighted by atomic mass is 16.5. The largest absolute Gasteiger partial charge is 0.496 e. The van der Waals surface area contributed by atoms with Crippen LogP contribution < -0.4 is 4.74 Å². The van der Waals surface area contributed by atoms with Gasteiger partial charge in [0.25, 0.3) is 0 Å². The molecule has 0 bridgehead atoms. The maximum atomic E-state index is 11.9. The SMILES string of the molecule is CCC1(CC)CC(C(=O)O)(c2ccc(C)c(OC)c2)C1. The van der Waals surface area contributed by atoms with Gasteiger partial charge in [0.2, 0.25) is 0 Å². The number of ether oxygens (including phenoxy) is 1. The minimum Gasteiger partial charge on any atom is -0.496 e. The summed E-state index contributed by atoms with van der Waals surface area (Å²) < 4.78 is 5.34. The normalized spacial score (nSPS) is 19.2. The topological polar surface area (TPSA) is 46.5 Å². The van der Waals surface area contributed by atoms with Gasteiger partial charge in [-0.3, -0.25) is 4.79 Å². The molecule has 0 aliphatic heterocycles. The third-order valence-electron chi connectivity index (χ3n) is 5.22. The minimum atomic E-state index is -0.729. The van der Waals surface area contributed by atoms with Crippen molar-refractivity contribution in [2.24, 2.45) is 5.41 Å². The summed E-state index contributed by atoms with van der Waals surface area (Å²) in [6.07, 6.45) is 3.55. The van der Waals surface area contributed by atoms with Gasteiger partial charge >= 0.3 is 5.97 Å². The molecule has 0 heterocycles. The number of aliphatic carboxylic acids is 1. The number of methoxy groups -OCH3 is 1. The standard InChI is InChI=1S/C17H24O3/c1-5-16(6-2)10-17(11-16,15(18)19)13-8-7-12(3)14(9-13)20-4/h7-9H,5-6,10-11H2,1-4H3,(H,18,19). The first-order valence-electron chi connectivity index (χ1n) is 7.31. The van der Waals surface area contributed by atoms with Crippen molar-refractivity contribution < 1.29 is 14.6 Å². The highest BCUT2D eigenvalue weighted by Crippen LogP contribution is 2.59. The minimum absolute atomic E-state index is 0.191. The number of benzene rings is 1. The lowest BCUT2D eigenvalue weighted by atomic mass is 9.48. The van der Waals surface area contributed by atoms with E-state index in [4.69, 9.17) is 4.74 Å². The number of carboxylic acid groups (broad SMARTS) is 1. The van der Waals surface area contributed by atoms with Gasteiger partial charge in [0.05, 0.1) is 12.5 Å². The number of carboxylic acids is 1. The number of carbonyl (C=O) groups is 1. The van der Waals surface area contributed by atoms with E-state index in [0.29, 0.717) is 0 Å². The van der Waals surface area contributed by atoms with Crippen molar-refractivity contribution in [1.82, 2.24) is 0 Å². The van der Waals surface area contributed by atoms with Gasteiger partial charge in [-0.05, 0) is 42.4 Å². The second kappa shape index (κ2) is 5.12. The molecule has 1 saturated carbocycles. The van der Waals surface area contributed by atoms with E-state index in [9.17, 15) is 9.90 Å². The van der Waals surface area contributed by atoms with E-state index in [1.54, 1.807) is 7.11 Å². The van der Waals surface area contributed by atoms with Crippen LogP contribution in [0.25, 0.3) is 0 Å². The van der Waals surface area contributed by atoms with Crippen LogP contribution in [0.5, 0.6) is 5.75 Å². The van der Waals surface area contributed by atoms with Crippen molar-refractivity contribution in [2.75, 3.05) is 7.11 Å². The van der Waals surface area contributed by atoms with Crippen LogP contribution in [-0.2, 0) is 10.2 Å². The van der Waals surface area contributed by atoms with E-state index >= 15 is 0 Å². The summed E-state index contributed by atoms with van der Waals surface area (Å²) in [5.74, 6) is 0.0644. The molecule has 1 aromatic rings. The van der Waals surface area contributed by atoms with E-state index in [1.807, 2.05) is 25.1 Å². The van der Waals surface area contributed by atoms with Crippen molar-refractivity contribution in [3.05, 3.63) is 29.3 Å². The molecule has 0 unspecified atom stereocenters. The molecule has 3 heteroatoms. The molecule has 0 atom stereocenters. The first-order valence-corrected chi connectivity index (χ1v) is 7.31. The molecule has 0 radical (unpaired) electrons. The van der Waals surface area contributed by atoms with E-state index in [-0.39, 0.29) is 5.41 Å². The number of rotatable bonds is 5. The van der Waals surface area contributed by atoms with Crippen molar-refractivity contribution in [1.29, 1.82) is 0 Å². The molecule has 1 aliphatic rings. The molecule has 0 amide bonds. The van der Waals surface area contributed by atoms with Crippen LogP contribution in [0.1, 0.15) is 50.7 Å². The summed E-state index contributed by atoms with van der Waals surface area (Å²) in [7, 11) is 1.63. The zero-order valence-electron chi connectivity index (χ0n) is 12.8. The second-order valence-electron chi connectivity index (χ2n) is 6.13. The second-order valence-corrected chi connectivity index (χ2v) is 6.13. The van der Waals surface area contributed by atoms with E-state index in [1.165, 1.54) is 0 Å². The fourth-order valence-corrected chi connectivity index (χ4v) is 3.58. The molecule has 0 spiro atoms. The zero-order chi connectivity index (χ0) is 15.0. The Kier molecular flexibility index (Phi) is 3.81. The Hall–Kier alpha value is -1.51. The van der Waals surface area contributed by atoms with E-state index in [2.05, 4.69) is 13.8 Å². The number of hydrogen-bond donors (Lipinski definition) is 1. The Morgan fingerprint density at radius 2 is 1.90 bits per heavy atom. The average Bonchev–Trinajstić information content (AvgIpc) is 2.40. The zero-order valence-corrected chi connectivity index (χ0v) is 12.8. The number of hydrogen-bond acceptors (Lipinski definition) is 2. The highest BCUT2D eigenvalue weighted by molar-refractivity contribution is 5.83. The molecule has 20 heavy (non-hydrogen) atoms. The van der Waals surface area contributed by atoms with Crippen LogP contribution in [-0.4, -0.2) is 18.2 Å². The molecule has 1 N–H and O–H groups in total. The van der Waals surface area contributed by atoms with Crippen LogP contribution >= 0.6 is 0 Å². The van der Waals surface area contributed by atoms with Gasteiger partial charge < -0.3 is 9.84 Å². The summed E-state index contributed by atoms with van der Waals surface area (Å²) in [6, 6.07) is 5.80. The van der Waals surface area contributed by atoms with Gasteiger partial charge in [0, 0.05) is 0 Å². The fraction of sp³-hybridized carbons (Fsp3) is 0.588. The van der Waals surface area contributed by atoms with Crippen molar-refractivity contribution >= 4 is 5.97 Å². The first kappa shape index (κ1) is 14.9. The Labute approximate surface area is 121 Å². The highest BCUT2D eigenvalue weighted by Gasteiger charge is 2.58. The third-order valence-corrected chi connectivity index (χ3v) is 5.22. The summed E-state index contributed by atoms with van der Waals surface area (Å²) >= 11 is 0. The Morgan fingerprint density at radius 3 is 2.35 bits per heavy atom. The summed E-state index contributed by atoms with van der Waals surface area (Å²) in [4.78, 5) is 11.9. The summed E-state index contributed by atoms with van der Waals surface area (Å²) in [5.41, 5.74) is 1.38. The smallest absolute Gasteiger partial charge is 0.314 e. The first-order chi connectivity index (χ1) is 9.43. The Morgan fingerprint density at radius 1 is 1.30 bits per heavy atom. The van der Waals surface area contributed by atoms with Gasteiger partial charge in [-0.1, -0.05) is 38.8 Å². The van der Waals surface area contributed by atoms with Crippen LogP contribution in [0, 0.1) is 12.3 Å². The molecule has 110 valence electrons. The fourth-order valence-electron chi connectivity index (χ4n) is 3.58. The molecule has 1 fully saturated rings. The molecular formula is C17H24O3. The van der Waals surface area contributed by atoms with E-state index < -0.39 is 11.4 Å². The van der Waals surface area contributed by atoms with Crippen LogP contribution in [0.3, 0.4) is 0 Å². The van der Waals surface area contributed by atoms with Crippen LogP contribution in [0.2, 0.25) is 0 Å². The molecule has 2 rings (SSSR count). The Balaban J connectivity index is 2.39. The van der Waals surface area contributed by atoms with Crippen molar-refractivity contribution in [3.63, 3.8) is 0 Å². The Bertz CT molecular complexity index is 507. The predicted molar refractivity (Wildman–Crippen MR) is 79.3 cm³/mol. The van der Waals surface area contributed by atoms with Crippen molar-refractivity contribution in [2.45, 2.75) is 51.9 Å². The molecule has 0 saturated heterocycles. The summed E-state index contributed by atoms with van der Waals surface area (Å²) in [6.45, 7) is 6.29. The lowest BCUT2D eigenvalue weighted by Crippen LogP contribution is -2.54. The van der Waals surface area contributed by atoms with Crippen LogP contribution in [0.15, 0.2) is 18.2 Å². The summed E-state index contributed by atoms with van der Waals surface area (Å²) in [5, 5.41) is 9.75. The third kappa shape index (κ3) is 2.09. The van der Waals surface area contributed by atoms with Gasteiger partial charge in [0.15, 0.2) is 0 Å². The van der Waals surface area contributed by atoms with Gasteiger partial charge in [-0.25, -0.2) is 0 Å². The maximum absolute atomic E-state index is 11.9. The molecule has 1 aromatic carbocycles. The molecule has 3 nitrogen and oxygen atoms in total. The maximum Gasteiger partial charge on any atom is 0.314 e. The molecular weight excluding hydrogens is 252 g/mol. The van der Waals surface area contributed by atoms with Crippen LogP contribution in [0.4, 0.5) is 0 Å². The average molecular weight is 276 g/mol. The van der Waals surface area contributed by atoms with Gasteiger partial charge in [0.1, 0.15) is 5.75 Å². The molecule has 0 aromatic heterocycles. The van der Waals surface area contributed by atoms with Crippen molar-refractivity contribution in [3.8, 4) is 5.75 Å².